The highest BCUT2D eigenvalue weighted by Gasteiger charge is 2.61. The Morgan fingerprint density at radius 1 is 0.361 bits per heavy atom. The maximum absolute atomic E-state index is 2.83. The van der Waals surface area contributed by atoms with E-state index in [1.165, 1.54) is 124 Å². The van der Waals surface area contributed by atoms with E-state index in [1.807, 2.05) is 0 Å². The molecule has 0 amide bonds. The number of nitrogens with zero attached hydrogens (tertiary/aromatic N) is 3. The molecule has 0 aromatic heterocycles. The molecule has 0 N–H and O–H groups in total. The van der Waals surface area contributed by atoms with Gasteiger partial charge in [0.25, 0.3) is 6.71 Å². The van der Waals surface area contributed by atoms with Crippen LogP contribution in [0.1, 0.15) is 123 Å². The first-order valence-electron chi connectivity index (χ1n) is 30.4. The highest BCUT2D eigenvalue weighted by Crippen LogP contribution is 2.64. The van der Waals surface area contributed by atoms with E-state index in [9.17, 15) is 0 Å². The van der Waals surface area contributed by atoms with Crippen LogP contribution in [0.2, 0.25) is 0 Å². The van der Waals surface area contributed by atoms with Crippen molar-refractivity contribution in [1.29, 1.82) is 0 Å². The van der Waals surface area contributed by atoms with Gasteiger partial charge in [0.05, 0.1) is 16.9 Å². The summed E-state index contributed by atoms with van der Waals surface area (Å²) in [7, 11) is 0. The van der Waals surface area contributed by atoms with Crippen LogP contribution in [0, 0.1) is 0 Å². The van der Waals surface area contributed by atoms with E-state index in [1.54, 1.807) is 0 Å². The van der Waals surface area contributed by atoms with Crippen molar-refractivity contribution >= 4 is 68.6 Å². The summed E-state index contributed by atoms with van der Waals surface area (Å²) in [6, 6.07) is 89.1. The fourth-order valence-corrected chi connectivity index (χ4v) is 15.1. The quantitative estimate of drug-likeness (QED) is 0.147. The van der Waals surface area contributed by atoms with Crippen molar-refractivity contribution in [3.8, 4) is 33.4 Å². The molecule has 1 saturated carbocycles. The Morgan fingerprint density at radius 2 is 0.807 bits per heavy atom. The van der Waals surface area contributed by atoms with E-state index in [-0.39, 0.29) is 33.9 Å². The lowest BCUT2D eigenvalue weighted by Crippen LogP contribution is -2.61. The molecular formula is C79H76BN3. The zero-order chi connectivity index (χ0) is 57.2. The van der Waals surface area contributed by atoms with Gasteiger partial charge in [-0.05, 0) is 157 Å². The number of anilines is 8. The molecule has 4 aliphatic rings. The van der Waals surface area contributed by atoms with Crippen LogP contribution in [0.4, 0.5) is 45.5 Å². The molecule has 1 fully saturated rings. The summed E-state index contributed by atoms with van der Waals surface area (Å²) in [5.74, 6) is 0. The third-order valence-corrected chi connectivity index (χ3v) is 19.4. The van der Waals surface area contributed by atoms with Gasteiger partial charge in [0.1, 0.15) is 0 Å². The van der Waals surface area contributed by atoms with E-state index < -0.39 is 0 Å². The van der Waals surface area contributed by atoms with Crippen LogP contribution in [-0.2, 0) is 21.7 Å². The lowest BCUT2D eigenvalue weighted by molar-refractivity contribution is 0.215. The number of fused-ring (bicyclic) bond motifs is 7. The van der Waals surface area contributed by atoms with Gasteiger partial charge in [-0.1, -0.05) is 251 Å². The largest absolute Gasteiger partial charge is 0.334 e. The van der Waals surface area contributed by atoms with Gasteiger partial charge >= 0.3 is 0 Å². The number of hydrogen-bond acceptors (Lipinski definition) is 3. The molecule has 0 spiro atoms. The first-order valence-corrected chi connectivity index (χ1v) is 30.4. The smallest absolute Gasteiger partial charge is 0.252 e. The summed E-state index contributed by atoms with van der Waals surface area (Å²) in [5, 5.41) is 0. The zero-order valence-electron chi connectivity index (χ0n) is 50.2. The van der Waals surface area contributed by atoms with Crippen molar-refractivity contribution < 1.29 is 0 Å². The first kappa shape index (κ1) is 52.7. The Morgan fingerprint density at radius 3 is 1.35 bits per heavy atom. The van der Waals surface area contributed by atoms with E-state index in [4.69, 9.17) is 0 Å². The second-order valence-electron chi connectivity index (χ2n) is 27.5. The maximum Gasteiger partial charge on any atom is 0.252 e. The van der Waals surface area contributed by atoms with Crippen LogP contribution in [-0.4, -0.2) is 12.3 Å². The average molecular weight is 1080 g/mol. The van der Waals surface area contributed by atoms with Crippen molar-refractivity contribution in [3.05, 3.63) is 258 Å². The van der Waals surface area contributed by atoms with Crippen molar-refractivity contribution in [2.75, 3.05) is 14.7 Å². The van der Waals surface area contributed by atoms with Gasteiger partial charge in [-0.3, -0.25) is 0 Å². The maximum atomic E-state index is 2.83. The van der Waals surface area contributed by atoms with Crippen molar-refractivity contribution in [1.82, 2.24) is 0 Å². The van der Waals surface area contributed by atoms with E-state index in [0.717, 1.165) is 24.9 Å². The fourth-order valence-electron chi connectivity index (χ4n) is 15.1. The first-order chi connectivity index (χ1) is 39.9. The predicted molar refractivity (Wildman–Crippen MR) is 356 cm³/mol. The second kappa shape index (κ2) is 19.4. The Kier molecular flexibility index (Phi) is 12.3. The fraction of sp³-hybridized carbons (Fsp3) is 0.241. The van der Waals surface area contributed by atoms with Crippen LogP contribution >= 0.6 is 0 Å². The second-order valence-corrected chi connectivity index (χ2v) is 27.5. The number of rotatable bonds is 7. The molecule has 14 rings (SSSR count). The zero-order valence-corrected chi connectivity index (χ0v) is 50.2. The molecule has 0 saturated heterocycles. The summed E-state index contributed by atoms with van der Waals surface area (Å²) >= 11 is 0. The summed E-state index contributed by atoms with van der Waals surface area (Å²) < 4.78 is 0. The molecule has 4 heteroatoms. The van der Waals surface area contributed by atoms with Gasteiger partial charge in [-0.25, -0.2) is 0 Å². The van der Waals surface area contributed by atoms with Crippen LogP contribution in [0.5, 0.6) is 0 Å². The highest BCUT2D eigenvalue weighted by molar-refractivity contribution is 7.00. The highest BCUT2D eigenvalue weighted by atomic mass is 15.3. The van der Waals surface area contributed by atoms with Gasteiger partial charge in [0.15, 0.2) is 0 Å². The molecular weight excluding hydrogens is 1000 g/mol. The summed E-state index contributed by atoms with van der Waals surface area (Å²) in [6.07, 6.45) is 4.48. The standard InChI is InChI=1S/C79H76BN3/c1-75(2,3)58-39-43-67(62(48-58)54-29-17-12-18-30-54)81-70-47-56(53-27-15-11-16-28-53)37-41-65(70)80-66-42-38-60(77(7,8)9)50-71(66)82(68-44-40-59(76(4,5)6)49-63(68)55-31-19-13-20-32-55)73-52-61(51-72(81)74(73)80)83-69-36-24-23-35-64(69)79(57-33-21-14-22-34-57)46-26-25-45-78(79,83)10/h11-24,27-44,47-52H,25-26,45-46H2,1-10H3. The molecule has 83 heavy (non-hydrogen) atoms. The molecule has 2 unspecified atom stereocenters. The minimum absolute atomic E-state index is 0.0723. The average Bonchev–Trinajstić information content (AvgIpc) is 1.75. The Bertz CT molecular complexity index is 4130. The molecule has 0 radical (unpaired) electrons. The third-order valence-electron chi connectivity index (χ3n) is 19.4. The Balaban J connectivity index is 1.16. The summed E-state index contributed by atoms with van der Waals surface area (Å²) in [4.78, 5) is 8.23. The molecule has 1 aliphatic carbocycles. The molecule has 410 valence electrons. The topological polar surface area (TPSA) is 9.72 Å². The van der Waals surface area contributed by atoms with E-state index >= 15 is 0 Å². The minimum atomic E-state index is -0.307. The predicted octanol–water partition coefficient (Wildman–Crippen LogP) is 19.4. The molecule has 10 aromatic carbocycles. The lowest BCUT2D eigenvalue weighted by Gasteiger charge is -2.53. The molecule has 10 aromatic rings. The minimum Gasteiger partial charge on any atom is -0.334 e. The number of para-hydroxylation sites is 1. The van der Waals surface area contributed by atoms with Crippen LogP contribution in [0.15, 0.2) is 231 Å². The monoisotopic (exact) mass is 1080 g/mol. The number of benzene rings is 10. The van der Waals surface area contributed by atoms with Gasteiger partial charge in [-0.15, -0.1) is 0 Å². The molecule has 3 heterocycles. The molecule has 3 aliphatic heterocycles. The van der Waals surface area contributed by atoms with E-state index in [2.05, 4.69) is 314 Å². The normalized spacial score (nSPS) is 18.0. The van der Waals surface area contributed by atoms with Crippen LogP contribution < -0.4 is 31.1 Å². The van der Waals surface area contributed by atoms with Gasteiger partial charge < -0.3 is 14.7 Å². The van der Waals surface area contributed by atoms with Gasteiger partial charge in [0, 0.05) is 50.7 Å². The third kappa shape index (κ3) is 8.37. The van der Waals surface area contributed by atoms with Crippen LogP contribution in [0.3, 0.4) is 0 Å². The Labute approximate surface area is 494 Å². The SMILES string of the molecule is CC(C)(C)c1ccc(N2c3cc(-c4ccccc4)ccc3B3c4ccc(C(C)(C)C)cc4N(c4ccc(C(C)(C)C)cc4-c4ccccc4)c4cc(N5c6ccccc6C6(c7ccccc7)CCCCC56C)cc2c43)c(-c2ccccc2)c1. The molecule has 2 atom stereocenters. The summed E-state index contributed by atoms with van der Waals surface area (Å²) in [5.41, 5.74) is 26.8. The van der Waals surface area contributed by atoms with Crippen LogP contribution in [0.25, 0.3) is 33.4 Å². The Hall–Kier alpha value is -8.34. The van der Waals surface area contributed by atoms with Gasteiger partial charge in [-0.2, -0.15) is 0 Å². The van der Waals surface area contributed by atoms with E-state index in [0.29, 0.717) is 0 Å². The van der Waals surface area contributed by atoms with Crippen molar-refractivity contribution in [2.24, 2.45) is 0 Å². The number of hydrogen-bond donors (Lipinski definition) is 0. The summed E-state index contributed by atoms with van der Waals surface area (Å²) in [6.45, 7) is 23.7. The molecule has 3 nitrogen and oxygen atoms in total. The van der Waals surface area contributed by atoms with Crippen molar-refractivity contribution in [2.45, 2.75) is 122 Å². The lowest BCUT2D eigenvalue weighted by atomic mass is 9.33. The van der Waals surface area contributed by atoms with Crippen molar-refractivity contribution in [3.63, 3.8) is 0 Å². The molecule has 0 bridgehead atoms. The van der Waals surface area contributed by atoms with Gasteiger partial charge in [0.2, 0.25) is 0 Å².